The molecule has 0 saturated heterocycles. The summed E-state index contributed by atoms with van der Waals surface area (Å²) in [6.45, 7) is 13.3. The van der Waals surface area contributed by atoms with Gasteiger partial charge >= 0.3 is 0 Å². The van der Waals surface area contributed by atoms with Crippen molar-refractivity contribution in [1.29, 1.82) is 0 Å². The number of Topliss-reactive ketones (excluding diaryl/α,β-unsaturated/α-hetero) is 1. The number of ketones is 1. The van der Waals surface area contributed by atoms with Crippen LogP contribution in [0.25, 0.3) is 0 Å². The standard InChI is InChI=1S/C31H46O/c1-25-21-17-13-9-7-11-15-19-23-30(5,27(25)3)29(32)31(6)24-20-16-12-8-10-14-18-22-26(2)28(31)4/h11-18H,7-10,19-24H2,1-6H3. The summed E-state index contributed by atoms with van der Waals surface area (Å²) in [5.41, 5.74) is 4.34. The molecule has 0 spiro atoms. The van der Waals surface area contributed by atoms with Crippen LogP contribution in [0.1, 0.15) is 106 Å². The first-order valence-electron chi connectivity index (χ1n) is 12.7. The fourth-order valence-electron chi connectivity index (χ4n) is 5.16. The molecule has 1 heteroatoms. The Morgan fingerprint density at radius 3 is 1.25 bits per heavy atom. The van der Waals surface area contributed by atoms with Crippen LogP contribution in [0.3, 0.4) is 0 Å². The van der Waals surface area contributed by atoms with Crippen molar-refractivity contribution < 1.29 is 4.79 Å². The second-order valence-electron chi connectivity index (χ2n) is 10.3. The van der Waals surface area contributed by atoms with E-state index >= 15 is 0 Å². The molecule has 32 heavy (non-hydrogen) atoms. The molecule has 2 unspecified atom stereocenters. The molecule has 0 heterocycles. The molecule has 0 bridgehead atoms. The quantitative estimate of drug-likeness (QED) is 0.395. The van der Waals surface area contributed by atoms with E-state index in [2.05, 4.69) is 90.2 Å². The Bertz CT molecular complexity index is 761. The van der Waals surface area contributed by atoms with Crippen molar-refractivity contribution >= 4 is 5.78 Å². The average Bonchev–Trinajstić information content (AvgIpc) is 2.78. The molecule has 176 valence electrons. The Morgan fingerprint density at radius 1 is 0.562 bits per heavy atom. The molecule has 0 aromatic rings. The smallest absolute Gasteiger partial charge is 0.152 e. The predicted molar refractivity (Wildman–Crippen MR) is 141 cm³/mol. The molecule has 2 aliphatic rings. The highest BCUT2D eigenvalue weighted by Crippen LogP contribution is 2.47. The van der Waals surface area contributed by atoms with Crippen molar-refractivity contribution in [2.75, 3.05) is 0 Å². The third-order valence-electron chi connectivity index (χ3n) is 8.07. The van der Waals surface area contributed by atoms with Gasteiger partial charge in [0.05, 0.1) is 0 Å². The number of hydrogen-bond acceptors (Lipinski definition) is 1. The number of rotatable bonds is 2. The van der Waals surface area contributed by atoms with Crippen LogP contribution in [-0.2, 0) is 4.79 Å². The van der Waals surface area contributed by atoms with Gasteiger partial charge in [-0.3, -0.25) is 4.79 Å². The molecule has 2 rings (SSSR count). The Labute approximate surface area is 198 Å². The monoisotopic (exact) mass is 434 g/mol. The van der Waals surface area contributed by atoms with Crippen LogP contribution in [-0.4, -0.2) is 5.78 Å². The Kier molecular flexibility index (Phi) is 10.2. The maximum Gasteiger partial charge on any atom is 0.152 e. The van der Waals surface area contributed by atoms with Gasteiger partial charge in [-0.2, -0.15) is 0 Å². The summed E-state index contributed by atoms with van der Waals surface area (Å²) < 4.78 is 0. The topological polar surface area (TPSA) is 17.1 Å². The molecule has 0 aromatic carbocycles. The lowest BCUT2D eigenvalue weighted by molar-refractivity contribution is -0.134. The van der Waals surface area contributed by atoms with E-state index in [1.807, 2.05) is 0 Å². The zero-order valence-corrected chi connectivity index (χ0v) is 21.6. The van der Waals surface area contributed by atoms with E-state index in [0.717, 1.165) is 64.2 Å². The summed E-state index contributed by atoms with van der Waals surface area (Å²) >= 11 is 0. The van der Waals surface area contributed by atoms with Gasteiger partial charge in [-0.1, -0.05) is 70.9 Å². The third-order valence-corrected chi connectivity index (χ3v) is 8.07. The fourth-order valence-corrected chi connectivity index (χ4v) is 5.16. The van der Waals surface area contributed by atoms with Crippen molar-refractivity contribution in [1.82, 2.24) is 0 Å². The molecule has 2 aliphatic carbocycles. The van der Waals surface area contributed by atoms with Crippen LogP contribution in [0.2, 0.25) is 0 Å². The first kappa shape index (κ1) is 26.4. The molecule has 0 aliphatic heterocycles. The second kappa shape index (κ2) is 12.4. The first-order chi connectivity index (χ1) is 15.2. The van der Waals surface area contributed by atoms with Gasteiger partial charge in [-0.05, 0) is 106 Å². The van der Waals surface area contributed by atoms with Crippen LogP contribution >= 0.6 is 0 Å². The minimum Gasteiger partial charge on any atom is -0.298 e. The van der Waals surface area contributed by atoms with Crippen LogP contribution in [0, 0.1) is 10.8 Å². The molecule has 0 saturated carbocycles. The number of carbonyl (C=O) groups excluding carboxylic acids is 1. The normalized spacial score (nSPS) is 29.2. The molecule has 0 amide bonds. The van der Waals surface area contributed by atoms with E-state index < -0.39 is 10.8 Å². The van der Waals surface area contributed by atoms with Crippen LogP contribution in [0.5, 0.6) is 0 Å². The van der Waals surface area contributed by atoms with E-state index in [1.165, 1.54) is 22.3 Å². The third kappa shape index (κ3) is 6.56. The van der Waals surface area contributed by atoms with Crippen molar-refractivity contribution in [3.05, 3.63) is 70.9 Å². The minimum absolute atomic E-state index is 0.405. The van der Waals surface area contributed by atoms with Crippen LogP contribution in [0.4, 0.5) is 0 Å². The number of hydrogen-bond donors (Lipinski definition) is 0. The molecule has 0 aromatic heterocycles. The second-order valence-corrected chi connectivity index (χ2v) is 10.3. The van der Waals surface area contributed by atoms with E-state index in [9.17, 15) is 4.79 Å². The van der Waals surface area contributed by atoms with Crippen molar-refractivity contribution in [3.63, 3.8) is 0 Å². The van der Waals surface area contributed by atoms with Gasteiger partial charge in [-0.25, -0.2) is 0 Å². The minimum atomic E-state index is -0.450. The summed E-state index contributed by atoms with van der Waals surface area (Å²) in [6.07, 6.45) is 28.2. The van der Waals surface area contributed by atoms with Gasteiger partial charge in [0.2, 0.25) is 0 Å². The summed E-state index contributed by atoms with van der Waals surface area (Å²) in [7, 11) is 0. The highest BCUT2D eigenvalue weighted by molar-refractivity contribution is 5.95. The number of carbonyl (C=O) groups is 1. The zero-order chi connectivity index (χ0) is 23.6. The first-order valence-corrected chi connectivity index (χ1v) is 12.7. The maximum absolute atomic E-state index is 14.6. The maximum atomic E-state index is 14.6. The molecular weight excluding hydrogens is 388 g/mol. The lowest BCUT2D eigenvalue weighted by Crippen LogP contribution is -2.43. The molecule has 1 nitrogen and oxygen atoms in total. The van der Waals surface area contributed by atoms with Gasteiger partial charge in [0.15, 0.2) is 5.78 Å². The molecule has 0 fully saturated rings. The molecule has 2 atom stereocenters. The van der Waals surface area contributed by atoms with Crippen LogP contribution in [0.15, 0.2) is 70.9 Å². The Morgan fingerprint density at radius 2 is 0.875 bits per heavy atom. The average molecular weight is 435 g/mol. The van der Waals surface area contributed by atoms with Crippen molar-refractivity contribution in [3.8, 4) is 0 Å². The van der Waals surface area contributed by atoms with Crippen molar-refractivity contribution in [2.24, 2.45) is 10.8 Å². The van der Waals surface area contributed by atoms with E-state index in [-0.39, 0.29) is 0 Å². The van der Waals surface area contributed by atoms with E-state index in [0.29, 0.717) is 5.78 Å². The zero-order valence-electron chi connectivity index (χ0n) is 21.6. The van der Waals surface area contributed by atoms with Gasteiger partial charge < -0.3 is 0 Å². The Balaban J connectivity index is 2.55. The number of allylic oxidation sites excluding steroid dienone is 12. The summed E-state index contributed by atoms with van der Waals surface area (Å²) in [4.78, 5) is 14.6. The van der Waals surface area contributed by atoms with Gasteiger partial charge in [0.25, 0.3) is 0 Å². The van der Waals surface area contributed by atoms with Gasteiger partial charge in [-0.15, -0.1) is 0 Å². The SMILES string of the molecule is CC1=C(C)C(C)(C(=O)C2(C)CCC=CCCC=CCC(C)=C2C)CCC=CCCC=CC1. The lowest BCUT2D eigenvalue weighted by atomic mass is 9.61. The molecule has 0 radical (unpaired) electrons. The van der Waals surface area contributed by atoms with Crippen molar-refractivity contribution in [2.45, 2.75) is 106 Å². The van der Waals surface area contributed by atoms with E-state index in [1.54, 1.807) is 0 Å². The fraction of sp³-hybridized carbons (Fsp3) is 0.581. The highest BCUT2D eigenvalue weighted by Gasteiger charge is 2.46. The van der Waals surface area contributed by atoms with Gasteiger partial charge in [0, 0.05) is 10.8 Å². The predicted octanol–water partition coefficient (Wildman–Crippen LogP) is 9.39. The molecular formula is C31H46O. The summed E-state index contributed by atoms with van der Waals surface area (Å²) in [5, 5.41) is 0. The summed E-state index contributed by atoms with van der Waals surface area (Å²) in [5.74, 6) is 0.405. The summed E-state index contributed by atoms with van der Waals surface area (Å²) in [6, 6.07) is 0. The lowest BCUT2D eigenvalue weighted by Gasteiger charge is -2.41. The largest absolute Gasteiger partial charge is 0.298 e. The van der Waals surface area contributed by atoms with E-state index in [4.69, 9.17) is 0 Å². The Hall–Kier alpha value is -1.89. The highest BCUT2D eigenvalue weighted by atomic mass is 16.1. The molecule has 0 N–H and O–H groups in total. The van der Waals surface area contributed by atoms with Crippen LogP contribution < -0.4 is 0 Å². The van der Waals surface area contributed by atoms with Gasteiger partial charge in [0.1, 0.15) is 0 Å².